The van der Waals surface area contributed by atoms with E-state index in [9.17, 15) is 9.59 Å². The van der Waals surface area contributed by atoms with Crippen molar-refractivity contribution in [2.45, 2.75) is 0 Å². The van der Waals surface area contributed by atoms with Crippen LogP contribution in [-0.2, 0) is 0 Å². The molecular formula is C16H10ClNO2S. The summed E-state index contributed by atoms with van der Waals surface area (Å²) in [6, 6.07) is 16.2. The van der Waals surface area contributed by atoms with Gasteiger partial charge in [0.2, 0.25) is 0 Å². The van der Waals surface area contributed by atoms with Crippen LogP contribution in [0.25, 0.3) is 5.03 Å². The first-order chi connectivity index (χ1) is 10.2. The second-order valence-electron chi connectivity index (χ2n) is 4.39. The van der Waals surface area contributed by atoms with Crippen LogP contribution in [0.15, 0.2) is 60.0 Å². The van der Waals surface area contributed by atoms with Crippen molar-refractivity contribution < 1.29 is 9.59 Å². The highest BCUT2D eigenvalue weighted by Gasteiger charge is 2.35. The Morgan fingerprint density at radius 2 is 1.43 bits per heavy atom. The van der Waals surface area contributed by atoms with Gasteiger partial charge in [0.1, 0.15) is 0 Å². The van der Waals surface area contributed by atoms with Crippen LogP contribution in [0.5, 0.6) is 0 Å². The normalized spacial score (nSPS) is 14.5. The van der Waals surface area contributed by atoms with E-state index in [1.807, 2.05) is 30.3 Å². The summed E-state index contributed by atoms with van der Waals surface area (Å²) in [6.45, 7) is 0. The average molecular weight is 316 g/mol. The maximum atomic E-state index is 12.2. The summed E-state index contributed by atoms with van der Waals surface area (Å²) < 4.78 is 1.12. The average Bonchev–Trinajstić information content (AvgIpc) is 2.78. The SMILES string of the molecule is O=C1c2ccccc2C(=O)N1S/C=C(/Cl)c1ccccc1. The quantitative estimate of drug-likeness (QED) is 0.630. The number of carbonyl (C=O) groups excluding carboxylic acids is 2. The number of fused-ring (bicyclic) bond motifs is 1. The zero-order valence-electron chi connectivity index (χ0n) is 10.8. The van der Waals surface area contributed by atoms with E-state index in [4.69, 9.17) is 11.6 Å². The summed E-state index contributed by atoms with van der Waals surface area (Å²) in [5, 5.41) is 2.08. The van der Waals surface area contributed by atoms with Gasteiger partial charge in [0.25, 0.3) is 11.8 Å². The maximum Gasteiger partial charge on any atom is 0.272 e. The molecule has 3 nitrogen and oxygen atoms in total. The van der Waals surface area contributed by atoms with Crippen molar-refractivity contribution >= 4 is 40.4 Å². The molecule has 2 aromatic carbocycles. The molecule has 0 aromatic heterocycles. The smallest absolute Gasteiger partial charge is 0.268 e. The van der Waals surface area contributed by atoms with Crippen LogP contribution in [-0.4, -0.2) is 16.1 Å². The predicted molar refractivity (Wildman–Crippen MR) is 84.8 cm³/mol. The van der Waals surface area contributed by atoms with Crippen LogP contribution in [0.3, 0.4) is 0 Å². The van der Waals surface area contributed by atoms with Gasteiger partial charge >= 0.3 is 0 Å². The molecule has 2 amide bonds. The van der Waals surface area contributed by atoms with Gasteiger partial charge in [-0.15, -0.1) is 0 Å². The van der Waals surface area contributed by atoms with Crippen molar-refractivity contribution in [3.05, 3.63) is 76.7 Å². The molecule has 2 aromatic rings. The van der Waals surface area contributed by atoms with Crippen molar-refractivity contribution in [2.24, 2.45) is 0 Å². The Labute approximate surface area is 131 Å². The van der Waals surface area contributed by atoms with Gasteiger partial charge in [0.05, 0.1) is 16.2 Å². The fraction of sp³-hybridized carbons (Fsp3) is 0. The van der Waals surface area contributed by atoms with Gasteiger partial charge < -0.3 is 0 Å². The molecule has 0 aliphatic carbocycles. The van der Waals surface area contributed by atoms with E-state index in [2.05, 4.69) is 0 Å². The van der Waals surface area contributed by atoms with E-state index < -0.39 is 0 Å². The minimum atomic E-state index is -0.311. The third-order valence-corrected chi connectivity index (χ3v) is 4.41. The molecule has 1 aliphatic heterocycles. The van der Waals surface area contributed by atoms with Gasteiger partial charge in [-0.05, 0) is 29.6 Å². The molecular weight excluding hydrogens is 306 g/mol. The molecule has 0 saturated heterocycles. The number of amides is 2. The highest BCUT2D eigenvalue weighted by atomic mass is 35.5. The zero-order chi connectivity index (χ0) is 14.8. The lowest BCUT2D eigenvalue weighted by atomic mass is 10.1. The number of nitrogens with zero attached hydrogens (tertiary/aromatic N) is 1. The van der Waals surface area contributed by atoms with Crippen LogP contribution < -0.4 is 0 Å². The molecule has 0 atom stereocenters. The first-order valence-corrected chi connectivity index (χ1v) is 7.45. The van der Waals surface area contributed by atoms with Crippen LogP contribution in [0.2, 0.25) is 0 Å². The van der Waals surface area contributed by atoms with Crippen LogP contribution in [0, 0.1) is 0 Å². The van der Waals surface area contributed by atoms with Gasteiger partial charge in [-0.2, -0.15) is 0 Å². The maximum absolute atomic E-state index is 12.2. The Hall–Kier alpha value is -2.04. The fourth-order valence-electron chi connectivity index (χ4n) is 2.03. The van der Waals surface area contributed by atoms with E-state index in [1.54, 1.807) is 29.7 Å². The summed E-state index contributed by atoms with van der Waals surface area (Å²) in [6.07, 6.45) is 0. The highest BCUT2D eigenvalue weighted by molar-refractivity contribution is 8.01. The summed E-state index contributed by atoms with van der Waals surface area (Å²) in [5.74, 6) is -0.622. The van der Waals surface area contributed by atoms with E-state index in [0.29, 0.717) is 16.2 Å². The first-order valence-electron chi connectivity index (χ1n) is 6.24. The third-order valence-electron chi connectivity index (χ3n) is 3.07. The molecule has 5 heteroatoms. The van der Waals surface area contributed by atoms with Gasteiger partial charge in [-0.3, -0.25) is 9.59 Å². The Morgan fingerprint density at radius 1 is 0.905 bits per heavy atom. The molecule has 0 saturated carbocycles. The van der Waals surface area contributed by atoms with Crippen molar-refractivity contribution in [2.75, 3.05) is 0 Å². The molecule has 0 unspecified atom stereocenters. The molecule has 1 heterocycles. The van der Waals surface area contributed by atoms with Crippen molar-refractivity contribution in [1.82, 2.24) is 4.31 Å². The molecule has 1 aliphatic rings. The summed E-state index contributed by atoms with van der Waals surface area (Å²) in [4.78, 5) is 24.3. The number of hydrogen-bond acceptors (Lipinski definition) is 3. The monoisotopic (exact) mass is 315 g/mol. The molecule has 0 fully saturated rings. The number of carbonyl (C=O) groups is 2. The largest absolute Gasteiger partial charge is 0.272 e. The molecule has 0 spiro atoms. The number of imide groups is 1. The Balaban J connectivity index is 1.81. The minimum absolute atomic E-state index is 0.311. The predicted octanol–water partition coefficient (Wildman–Crippen LogP) is 4.17. The molecule has 0 N–H and O–H groups in total. The topological polar surface area (TPSA) is 37.4 Å². The lowest BCUT2D eigenvalue weighted by Gasteiger charge is -2.09. The lowest BCUT2D eigenvalue weighted by Crippen LogP contribution is -2.21. The van der Waals surface area contributed by atoms with Crippen LogP contribution >= 0.6 is 23.5 Å². The molecule has 0 bridgehead atoms. The third kappa shape index (κ3) is 2.60. The summed E-state index contributed by atoms with van der Waals surface area (Å²) >= 11 is 7.18. The molecule has 0 radical (unpaired) electrons. The second-order valence-corrected chi connectivity index (χ2v) is 5.61. The Kier molecular flexibility index (Phi) is 3.82. The lowest BCUT2D eigenvalue weighted by molar-refractivity contribution is 0.0778. The fourth-order valence-corrected chi connectivity index (χ4v) is 2.99. The minimum Gasteiger partial charge on any atom is -0.268 e. The van der Waals surface area contributed by atoms with Crippen LogP contribution in [0.4, 0.5) is 0 Å². The summed E-state index contributed by atoms with van der Waals surface area (Å²) in [5.41, 5.74) is 1.70. The Bertz CT molecular complexity index is 708. The van der Waals surface area contributed by atoms with Gasteiger partial charge in [-0.1, -0.05) is 54.1 Å². The van der Waals surface area contributed by atoms with E-state index in [-0.39, 0.29) is 11.8 Å². The molecule has 21 heavy (non-hydrogen) atoms. The molecule has 3 rings (SSSR count). The van der Waals surface area contributed by atoms with E-state index in [0.717, 1.165) is 21.8 Å². The zero-order valence-corrected chi connectivity index (χ0v) is 12.4. The Morgan fingerprint density at radius 3 is 2.00 bits per heavy atom. The van der Waals surface area contributed by atoms with Gasteiger partial charge in [0, 0.05) is 5.41 Å². The van der Waals surface area contributed by atoms with Crippen LogP contribution in [0.1, 0.15) is 26.3 Å². The number of rotatable bonds is 3. The van der Waals surface area contributed by atoms with Crippen molar-refractivity contribution in [3.63, 3.8) is 0 Å². The van der Waals surface area contributed by atoms with Crippen molar-refractivity contribution in [3.8, 4) is 0 Å². The first kappa shape index (κ1) is 13.9. The van der Waals surface area contributed by atoms with E-state index >= 15 is 0 Å². The second kappa shape index (κ2) is 5.76. The number of hydrogen-bond donors (Lipinski definition) is 0. The standard InChI is InChI=1S/C16H10ClNO2S/c17-14(11-6-2-1-3-7-11)10-21-18-15(19)12-8-4-5-9-13(12)16(18)20/h1-10H/b14-10+. The van der Waals surface area contributed by atoms with Gasteiger partial charge in [-0.25, -0.2) is 4.31 Å². The highest BCUT2D eigenvalue weighted by Crippen LogP contribution is 2.31. The van der Waals surface area contributed by atoms with E-state index in [1.165, 1.54) is 0 Å². The van der Waals surface area contributed by atoms with Gasteiger partial charge in [0.15, 0.2) is 0 Å². The number of benzene rings is 2. The number of halogens is 1. The summed E-state index contributed by atoms with van der Waals surface area (Å²) in [7, 11) is 0. The molecule has 104 valence electrons. The van der Waals surface area contributed by atoms with Crippen molar-refractivity contribution in [1.29, 1.82) is 0 Å².